The van der Waals surface area contributed by atoms with Gasteiger partial charge in [0.1, 0.15) is 17.0 Å². The Morgan fingerprint density at radius 1 is 1.43 bits per heavy atom. The summed E-state index contributed by atoms with van der Waals surface area (Å²) in [6, 6.07) is 1.20. The van der Waals surface area contributed by atoms with Crippen LogP contribution in [0.2, 0.25) is 5.15 Å². The van der Waals surface area contributed by atoms with E-state index in [0.717, 1.165) is 25.0 Å². The molecule has 1 aliphatic heterocycles. The zero-order valence-corrected chi connectivity index (χ0v) is 12.1. The van der Waals surface area contributed by atoms with Gasteiger partial charge in [-0.05, 0) is 31.4 Å². The number of carbonyl (C=O) groups excluding carboxylic acids is 1. The van der Waals surface area contributed by atoms with Gasteiger partial charge in [-0.15, -0.1) is 0 Å². The van der Waals surface area contributed by atoms with Gasteiger partial charge in [0.05, 0.1) is 5.56 Å². The molecule has 0 radical (unpaired) electrons. The number of alkyl halides is 3. The Kier molecular flexibility index (Phi) is 4.61. The quantitative estimate of drug-likeness (QED) is 0.852. The Bertz CT molecular complexity index is 536. The number of piperidine rings is 1. The first-order valence-electron chi connectivity index (χ1n) is 6.56. The molecule has 0 aliphatic carbocycles. The van der Waals surface area contributed by atoms with Crippen molar-refractivity contribution in [2.24, 2.45) is 0 Å². The minimum absolute atomic E-state index is 0.0862. The van der Waals surface area contributed by atoms with Crippen LogP contribution in [0.1, 0.15) is 24.8 Å². The maximum Gasteiger partial charge on any atom is 0.416 e. The molecule has 116 valence electrons. The van der Waals surface area contributed by atoms with Crippen LogP contribution in [-0.4, -0.2) is 30.5 Å². The molecular weight excluding hydrogens is 307 g/mol. The van der Waals surface area contributed by atoms with Crippen LogP contribution in [0.4, 0.5) is 19.0 Å². The predicted octanol–water partition coefficient (Wildman–Crippen LogP) is 2.86. The lowest BCUT2D eigenvalue weighted by Gasteiger charge is -2.35. The lowest BCUT2D eigenvalue weighted by Crippen LogP contribution is -2.49. The van der Waals surface area contributed by atoms with Crippen molar-refractivity contribution in [3.05, 3.63) is 22.8 Å². The van der Waals surface area contributed by atoms with E-state index < -0.39 is 17.8 Å². The molecule has 1 N–H and O–H groups in total. The molecule has 1 unspecified atom stereocenters. The minimum Gasteiger partial charge on any atom is -0.357 e. The number of pyridine rings is 1. The molecule has 1 aromatic rings. The van der Waals surface area contributed by atoms with Gasteiger partial charge in [-0.25, -0.2) is 4.98 Å². The molecular formula is C13H15ClF3N3O. The van der Waals surface area contributed by atoms with E-state index in [0.29, 0.717) is 13.0 Å². The Hall–Kier alpha value is -1.50. The summed E-state index contributed by atoms with van der Waals surface area (Å²) in [7, 11) is 1.50. The number of amides is 1. The third-order valence-electron chi connectivity index (χ3n) is 3.45. The van der Waals surface area contributed by atoms with Gasteiger partial charge in [0.2, 0.25) is 5.91 Å². The number of hydrogen-bond donors (Lipinski definition) is 1. The van der Waals surface area contributed by atoms with Gasteiger partial charge in [0, 0.05) is 13.6 Å². The Morgan fingerprint density at radius 2 is 2.14 bits per heavy atom. The van der Waals surface area contributed by atoms with Gasteiger partial charge in [-0.1, -0.05) is 11.6 Å². The molecule has 1 amide bonds. The van der Waals surface area contributed by atoms with Crippen LogP contribution in [0.15, 0.2) is 12.1 Å². The molecule has 1 aromatic heterocycles. The van der Waals surface area contributed by atoms with Gasteiger partial charge in [0.25, 0.3) is 0 Å². The van der Waals surface area contributed by atoms with Crippen molar-refractivity contribution < 1.29 is 18.0 Å². The second kappa shape index (κ2) is 6.09. The van der Waals surface area contributed by atoms with Crippen molar-refractivity contribution in [3.63, 3.8) is 0 Å². The van der Waals surface area contributed by atoms with Crippen LogP contribution in [0.3, 0.4) is 0 Å². The van der Waals surface area contributed by atoms with E-state index >= 15 is 0 Å². The largest absolute Gasteiger partial charge is 0.416 e. The zero-order valence-electron chi connectivity index (χ0n) is 11.4. The van der Waals surface area contributed by atoms with E-state index in [1.807, 2.05) is 0 Å². The number of likely N-dealkylation sites (N-methyl/N-ethyl adjacent to an activating group) is 1. The van der Waals surface area contributed by atoms with E-state index in [-0.39, 0.29) is 16.9 Å². The Morgan fingerprint density at radius 3 is 2.76 bits per heavy atom. The molecule has 1 fully saturated rings. The second-order valence-electron chi connectivity index (χ2n) is 4.85. The first-order valence-corrected chi connectivity index (χ1v) is 6.93. The highest BCUT2D eigenvalue weighted by atomic mass is 35.5. The number of halogens is 4. The van der Waals surface area contributed by atoms with E-state index in [9.17, 15) is 18.0 Å². The highest BCUT2D eigenvalue weighted by molar-refractivity contribution is 6.29. The summed E-state index contributed by atoms with van der Waals surface area (Å²) in [5, 5.41) is 2.30. The van der Waals surface area contributed by atoms with Gasteiger partial charge in [-0.3, -0.25) is 4.79 Å². The standard InChI is InChI=1S/C13H15ClF3N3O/c1-18-12(21)9-4-2-3-5-20(9)11-7-8(13(15,16)17)6-10(14)19-11/h6-7,9H,2-5H2,1H3,(H,18,21). The highest BCUT2D eigenvalue weighted by Crippen LogP contribution is 2.34. The molecule has 8 heteroatoms. The molecule has 4 nitrogen and oxygen atoms in total. The van der Waals surface area contributed by atoms with Crippen molar-refractivity contribution in [1.29, 1.82) is 0 Å². The average molecular weight is 322 g/mol. The normalized spacial score (nSPS) is 19.5. The van der Waals surface area contributed by atoms with E-state index in [4.69, 9.17) is 11.6 Å². The van der Waals surface area contributed by atoms with Crippen molar-refractivity contribution in [2.45, 2.75) is 31.5 Å². The number of carbonyl (C=O) groups is 1. The fourth-order valence-corrected chi connectivity index (χ4v) is 2.64. The van der Waals surface area contributed by atoms with Crippen LogP contribution < -0.4 is 10.2 Å². The molecule has 0 bridgehead atoms. The molecule has 1 atom stereocenters. The monoisotopic (exact) mass is 321 g/mol. The zero-order chi connectivity index (χ0) is 15.6. The smallest absolute Gasteiger partial charge is 0.357 e. The van der Waals surface area contributed by atoms with Crippen molar-refractivity contribution in [1.82, 2.24) is 10.3 Å². The molecule has 21 heavy (non-hydrogen) atoms. The summed E-state index contributed by atoms with van der Waals surface area (Å²) in [6.45, 7) is 0.475. The highest BCUT2D eigenvalue weighted by Gasteiger charge is 2.34. The SMILES string of the molecule is CNC(=O)C1CCCCN1c1cc(C(F)(F)F)cc(Cl)n1. The predicted molar refractivity (Wildman–Crippen MR) is 73.3 cm³/mol. The summed E-state index contributed by atoms with van der Waals surface area (Å²) in [5.74, 6) is -0.145. The van der Waals surface area contributed by atoms with Crippen molar-refractivity contribution in [3.8, 4) is 0 Å². The van der Waals surface area contributed by atoms with Gasteiger partial charge in [-0.2, -0.15) is 13.2 Å². The van der Waals surface area contributed by atoms with Gasteiger partial charge >= 0.3 is 6.18 Å². The van der Waals surface area contributed by atoms with Gasteiger partial charge in [0.15, 0.2) is 0 Å². The van der Waals surface area contributed by atoms with Crippen LogP contribution in [0, 0.1) is 0 Å². The van der Waals surface area contributed by atoms with Crippen LogP contribution >= 0.6 is 11.6 Å². The minimum atomic E-state index is -4.50. The second-order valence-corrected chi connectivity index (χ2v) is 5.24. The summed E-state index contributed by atoms with van der Waals surface area (Å²) < 4.78 is 38.6. The number of aromatic nitrogens is 1. The Balaban J connectivity index is 2.39. The lowest BCUT2D eigenvalue weighted by molar-refractivity contribution is -0.137. The summed E-state index contributed by atoms with van der Waals surface area (Å²) in [4.78, 5) is 17.4. The molecule has 1 saturated heterocycles. The maximum absolute atomic E-state index is 12.9. The van der Waals surface area contributed by atoms with Crippen molar-refractivity contribution in [2.75, 3.05) is 18.5 Å². The third-order valence-corrected chi connectivity index (χ3v) is 3.65. The van der Waals surface area contributed by atoms with Crippen molar-refractivity contribution >= 4 is 23.3 Å². The molecule has 0 spiro atoms. The van der Waals surface area contributed by atoms with E-state index in [1.54, 1.807) is 4.90 Å². The molecule has 1 aliphatic rings. The fourth-order valence-electron chi connectivity index (χ4n) is 2.44. The van der Waals surface area contributed by atoms with Crippen LogP contribution in [-0.2, 0) is 11.0 Å². The molecule has 2 heterocycles. The topological polar surface area (TPSA) is 45.2 Å². The van der Waals surface area contributed by atoms with E-state index in [1.165, 1.54) is 7.05 Å². The Labute approximate surface area is 125 Å². The summed E-state index contributed by atoms with van der Waals surface area (Å²) in [5.41, 5.74) is -0.862. The lowest BCUT2D eigenvalue weighted by atomic mass is 10.0. The first-order chi connectivity index (χ1) is 9.82. The first kappa shape index (κ1) is 15.9. The number of hydrogen-bond acceptors (Lipinski definition) is 3. The van der Waals surface area contributed by atoms with E-state index in [2.05, 4.69) is 10.3 Å². The molecule has 0 aromatic carbocycles. The number of anilines is 1. The fraction of sp³-hybridized carbons (Fsp3) is 0.538. The third kappa shape index (κ3) is 3.58. The summed E-state index contributed by atoms with van der Waals surface area (Å²) >= 11 is 5.70. The number of nitrogens with zero attached hydrogens (tertiary/aromatic N) is 2. The van der Waals surface area contributed by atoms with Crippen LogP contribution in [0.25, 0.3) is 0 Å². The number of nitrogens with one attached hydrogen (secondary N) is 1. The maximum atomic E-state index is 12.9. The number of rotatable bonds is 2. The average Bonchev–Trinajstić information content (AvgIpc) is 2.45. The summed E-state index contributed by atoms with van der Waals surface area (Å²) in [6.07, 6.45) is -2.28. The van der Waals surface area contributed by atoms with Crippen LogP contribution in [0.5, 0.6) is 0 Å². The van der Waals surface area contributed by atoms with Gasteiger partial charge < -0.3 is 10.2 Å². The molecule has 0 saturated carbocycles. The molecule has 2 rings (SSSR count).